The van der Waals surface area contributed by atoms with Crippen molar-refractivity contribution in [2.45, 2.75) is 64.5 Å². The zero-order valence-corrected chi connectivity index (χ0v) is 17.8. The maximum Gasteiger partial charge on any atom is 0.472 e. The molecule has 0 spiro atoms. The fourth-order valence-corrected chi connectivity index (χ4v) is 2.92. The highest BCUT2D eigenvalue weighted by Gasteiger charge is 2.28. The molecule has 0 heterocycles. The fourth-order valence-electron chi connectivity index (χ4n) is 2.18. The molecule has 0 fully saturated rings. The lowest BCUT2D eigenvalue weighted by Crippen LogP contribution is -2.46. The fraction of sp³-hybridized carbons (Fsp3) is 0.941. The van der Waals surface area contributed by atoms with Crippen molar-refractivity contribution in [1.29, 1.82) is 0 Å². The number of quaternary nitrogens is 1. The molecule has 0 aliphatic rings. The van der Waals surface area contributed by atoms with Gasteiger partial charge in [-0.2, -0.15) is 0 Å². The summed E-state index contributed by atoms with van der Waals surface area (Å²) >= 11 is 0. The molecule has 0 bridgehead atoms. The molecule has 0 rings (SSSR count). The van der Waals surface area contributed by atoms with Crippen molar-refractivity contribution in [3.8, 4) is 0 Å². The van der Waals surface area contributed by atoms with Gasteiger partial charge in [-0.3, -0.25) is 13.8 Å². The second-order valence-electron chi connectivity index (χ2n) is 7.56. The third-order valence-electron chi connectivity index (χ3n) is 3.92. The third-order valence-corrected chi connectivity index (χ3v) is 4.90. The number of unbranched alkanes of at least 4 members (excludes halogenated alkanes) is 3. The molecule has 156 valence electrons. The topological polar surface area (TPSA) is 105 Å². The average Bonchev–Trinajstić information content (AvgIpc) is 2.53. The zero-order chi connectivity index (χ0) is 20.2. The van der Waals surface area contributed by atoms with E-state index >= 15 is 0 Å². The highest BCUT2D eigenvalue weighted by Crippen LogP contribution is 2.43. The summed E-state index contributed by atoms with van der Waals surface area (Å²) in [6.45, 7) is 4.14. The van der Waals surface area contributed by atoms with E-state index in [9.17, 15) is 19.4 Å². The highest BCUT2D eigenvalue weighted by atomic mass is 31.2. The number of hydrogen-bond acceptors (Lipinski definition) is 5. The number of rotatable bonds is 15. The summed E-state index contributed by atoms with van der Waals surface area (Å²) in [7, 11) is 1.59. The Morgan fingerprint density at radius 2 is 1.81 bits per heavy atom. The normalized spacial score (nSPS) is 16.7. The third kappa shape index (κ3) is 13.7. The Labute approximate surface area is 158 Å². The van der Waals surface area contributed by atoms with E-state index in [1.54, 1.807) is 6.92 Å². The first-order chi connectivity index (χ1) is 12.0. The van der Waals surface area contributed by atoms with Crippen LogP contribution < -0.4 is 5.32 Å². The Hall–Kier alpha value is -0.500. The number of carbonyl (C=O) groups excluding carboxylic acids is 1. The number of amides is 1. The Balaban J connectivity index is 4.55. The van der Waals surface area contributed by atoms with Crippen molar-refractivity contribution in [3.63, 3.8) is 0 Å². The lowest BCUT2D eigenvalue weighted by atomic mass is 10.0. The average molecular weight is 397 g/mol. The molecule has 26 heavy (non-hydrogen) atoms. The molecule has 0 saturated carbocycles. The predicted octanol–water partition coefficient (Wildman–Crippen LogP) is 2.05. The van der Waals surface area contributed by atoms with Gasteiger partial charge in [0, 0.05) is 6.42 Å². The summed E-state index contributed by atoms with van der Waals surface area (Å²) in [5, 5.41) is 13.0. The van der Waals surface area contributed by atoms with Crippen LogP contribution in [0.2, 0.25) is 0 Å². The number of phosphoric acid groups is 1. The predicted molar refractivity (Wildman–Crippen MR) is 102 cm³/mol. The number of phosphoric ester groups is 1. The largest absolute Gasteiger partial charge is 0.472 e. The van der Waals surface area contributed by atoms with Gasteiger partial charge in [0.1, 0.15) is 13.2 Å². The Bertz CT molecular complexity index is 441. The van der Waals surface area contributed by atoms with E-state index in [0.29, 0.717) is 17.4 Å². The smallest absolute Gasteiger partial charge is 0.391 e. The van der Waals surface area contributed by atoms with Crippen molar-refractivity contribution in [1.82, 2.24) is 5.32 Å². The minimum absolute atomic E-state index is 0.0723. The summed E-state index contributed by atoms with van der Waals surface area (Å²) in [6, 6.07) is -0.744. The van der Waals surface area contributed by atoms with Crippen LogP contribution in [0.1, 0.15) is 52.4 Å². The standard InChI is InChI=1S/C17H37N2O6P/c1-6-8-9-10-11-16(20)15(18-17(21)7-2)14-25-26(22,23)24-13-12-19(3,4)5/h15-16,20H,6-14H2,1-5H3,(H-,18,21,22,23)/p+1. The van der Waals surface area contributed by atoms with Crippen LogP contribution in [-0.2, 0) is 18.4 Å². The van der Waals surface area contributed by atoms with Gasteiger partial charge in [0.2, 0.25) is 5.91 Å². The van der Waals surface area contributed by atoms with Gasteiger partial charge < -0.3 is 19.8 Å². The van der Waals surface area contributed by atoms with Gasteiger partial charge in [-0.1, -0.05) is 39.5 Å². The molecular formula is C17H38N2O6P+. The number of nitrogens with one attached hydrogen (secondary N) is 1. The van der Waals surface area contributed by atoms with Crippen molar-refractivity contribution in [2.24, 2.45) is 0 Å². The van der Waals surface area contributed by atoms with Crippen LogP contribution in [0.4, 0.5) is 0 Å². The minimum Gasteiger partial charge on any atom is -0.391 e. The summed E-state index contributed by atoms with van der Waals surface area (Å²) in [4.78, 5) is 21.5. The molecule has 3 unspecified atom stereocenters. The molecule has 0 aliphatic carbocycles. The van der Waals surface area contributed by atoms with Gasteiger partial charge in [-0.05, 0) is 6.42 Å². The molecule has 0 aliphatic heterocycles. The number of aliphatic hydroxyl groups is 1. The highest BCUT2D eigenvalue weighted by molar-refractivity contribution is 7.47. The van der Waals surface area contributed by atoms with Crippen LogP contribution in [0.5, 0.6) is 0 Å². The molecule has 0 saturated heterocycles. The van der Waals surface area contributed by atoms with Gasteiger partial charge in [0.05, 0.1) is 39.9 Å². The first-order valence-electron chi connectivity index (χ1n) is 9.40. The Morgan fingerprint density at radius 1 is 1.15 bits per heavy atom. The summed E-state index contributed by atoms with van der Waals surface area (Å²) < 4.78 is 22.5. The lowest BCUT2D eigenvalue weighted by molar-refractivity contribution is -0.870. The molecule has 3 atom stereocenters. The molecule has 0 aromatic carbocycles. The summed E-state index contributed by atoms with van der Waals surface area (Å²) in [6.07, 6.45) is 3.91. The molecule has 9 heteroatoms. The van der Waals surface area contributed by atoms with Crippen LogP contribution in [0, 0.1) is 0 Å². The van der Waals surface area contributed by atoms with Gasteiger partial charge in [0.15, 0.2) is 0 Å². The second kappa shape index (κ2) is 12.8. The quantitative estimate of drug-likeness (QED) is 0.222. The monoisotopic (exact) mass is 397 g/mol. The maximum atomic E-state index is 12.0. The van der Waals surface area contributed by atoms with Crippen molar-refractivity contribution in [2.75, 3.05) is 40.9 Å². The first-order valence-corrected chi connectivity index (χ1v) is 10.9. The van der Waals surface area contributed by atoms with Gasteiger partial charge in [0.25, 0.3) is 0 Å². The van der Waals surface area contributed by atoms with E-state index < -0.39 is 20.0 Å². The number of likely N-dealkylation sites (N-methyl/N-ethyl adjacent to an activating group) is 1. The molecule has 0 aromatic rings. The molecular weight excluding hydrogens is 359 g/mol. The minimum atomic E-state index is -4.23. The van der Waals surface area contributed by atoms with Gasteiger partial charge in [-0.15, -0.1) is 0 Å². The number of aliphatic hydroxyl groups excluding tert-OH is 1. The molecule has 0 aromatic heterocycles. The van der Waals surface area contributed by atoms with Crippen LogP contribution in [0.15, 0.2) is 0 Å². The van der Waals surface area contributed by atoms with E-state index in [4.69, 9.17) is 9.05 Å². The zero-order valence-electron chi connectivity index (χ0n) is 16.9. The van der Waals surface area contributed by atoms with E-state index in [-0.39, 0.29) is 25.5 Å². The maximum absolute atomic E-state index is 12.0. The van der Waals surface area contributed by atoms with Crippen molar-refractivity contribution >= 4 is 13.7 Å². The van der Waals surface area contributed by atoms with Crippen LogP contribution in [-0.4, -0.2) is 73.4 Å². The van der Waals surface area contributed by atoms with E-state index in [1.165, 1.54) is 0 Å². The number of nitrogens with zero attached hydrogens (tertiary/aromatic N) is 1. The van der Waals surface area contributed by atoms with E-state index in [2.05, 4.69) is 12.2 Å². The van der Waals surface area contributed by atoms with Crippen LogP contribution in [0.3, 0.4) is 0 Å². The van der Waals surface area contributed by atoms with Crippen LogP contribution >= 0.6 is 7.82 Å². The SMILES string of the molecule is CCCCCCC(O)C(COP(=O)(O)OCC[N+](C)(C)C)NC(=O)CC. The summed E-state index contributed by atoms with van der Waals surface area (Å²) in [5.74, 6) is -0.245. The lowest BCUT2D eigenvalue weighted by Gasteiger charge is -2.26. The summed E-state index contributed by atoms with van der Waals surface area (Å²) in [5.41, 5.74) is 0. The van der Waals surface area contributed by atoms with E-state index in [0.717, 1.165) is 25.7 Å². The Kier molecular flexibility index (Phi) is 12.6. The van der Waals surface area contributed by atoms with Crippen molar-refractivity contribution < 1.29 is 32.9 Å². The molecule has 3 N–H and O–H groups in total. The number of hydrogen-bond donors (Lipinski definition) is 3. The first kappa shape index (κ1) is 25.5. The van der Waals surface area contributed by atoms with Crippen molar-refractivity contribution in [3.05, 3.63) is 0 Å². The van der Waals surface area contributed by atoms with E-state index in [1.807, 2.05) is 21.1 Å². The Morgan fingerprint density at radius 3 is 2.35 bits per heavy atom. The van der Waals surface area contributed by atoms with Crippen LogP contribution in [0.25, 0.3) is 0 Å². The van der Waals surface area contributed by atoms with Gasteiger partial charge in [-0.25, -0.2) is 4.57 Å². The number of carbonyl (C=O) groups is 1. The second-order valence-corrected chi connectivity index (χ2v) is 9.01. The van der Waals surface area contributed by atoms with Gasteiger partial charge >= 0.3 is 7.82 Å². The molecule has 0 radical (unpaired) electrons. The molecule has 8 nitrogen and oxygen atoms in total. The molecule has 1 amide bonds.